The molecule has 0 saturated heterocycles. The number of hydrazine groups is 1. The molecule has 1 aromatic carbocycles. The summed E-state index contributed by atoms with van der Waals surface area (Å²) in [5.41, 5.74) is 3.04. The van der Waals surface area contributed by atoms with E-state index in [2.05, 4.69) is 20.4 Å². The molecular formula is C25H18F2N8O3. The number of anilines is 2. The fourth-order valence-electron chi connectivity index (χ4n) is 4.32. The highest BCUT2D eigenvalue weighted by atomic mass is 19.2. The van der Waals surface area contributed by atoms with E-state index < -0.39 is 28.8 Å². The number of pyridine rings is 2. The molecule has 0 aliphatic carbocycles. The average Bonchev–Trinajstić information content (AvgIpc) is 3.30. The number of imidazole rings is 1. The second-order valence-corrected chi connectivity index (χ2v) is 8.60. The Labute approximate surface area is 212 Å². The summed E-state index contributed by atoms with van der Waals surface area (Å²) >= 11 is 0. The first-order chi connectivity index (χ1) is 18.3. The highest BCUT2D eigenvalue weighted by Crippen LogP contribution is 2.26. The zero-order valence-corrected chi connectivity index (χ0v) is 19.8. The molecule has 0 unspecified atom stereocenters. The van der Waals surface area contributed by atoms with E-state index in [9.17, 15) is 23.2 Å². The molecule has 1 aliphatic rings. The molecule has 1 aliphatic heterocycles. The number of hydrogen-bond acceptors (Lipinski definition) is 7. The maximum Gasteiger partial charge on any atom is 0.332 e. The Balaban J connectivity index is 1.40. The quantitative estimate of drug-likeness (QED) is 0.388. The predicted molar refractivity (Wildman–Crippen MR) is 133 cm³/mol. The van der Waals surface area contributed by atoms with Crippen LogP contribution in [0.3, 0.4) is 0 Å². The fraction of sp³-hybridized carbons (Fsp3) is 0.120. The first-order valence-electron chi connectivity index (χ1n) is 11.4. The smallest absolute Gasteiger partial charge is 0.293 e. The van der Waals surface area contributed by atoms with Gasteiger partial charge < -0.3 is 0 Å². The first-order valence-corrected chi connectivity index (χ1v) is 11.4. The normalized spacial score (nSPS) is 13.0. The van der Waals surface area contributed by atoms with Crippen molar-refractivity contribution in [1.82, 2.24) is 28.7 Å². The molecule has 0 fully saturated rings. The largest absolute Gasteiger partial charge is 0.332 e. The van der Waals surface area contributed by atoms with Crippen LogP contribution in [0.4, 0.5) is 20.5 Å². The second-order valence-electron chi connectivity index (χ2n) is 8.60. The van der Waals surface area contributed by atoms with E-state index in [0.717, 1.165) is 21.7 Å². The minimum absolute atomic E-state index is 0.0447. The molecule has 5 heterocycles. The molecule has 4 aromatic heterocycles. The number of carbonyl (C=O) groups excluding carboxylic acids is 1. The molecule has 0 bridgehead atoms. The van der Waals surface area contributed by atoms with Crippen LogP contribution < -0.4 is 21.7 Å². The molecular weight excluding hydrogens is 498 g/mol. The van der Waals surface area contributed by atoms with Crippen molar-refractivity contribution in [3.05, 3.63) is 99.0 Å². The van der Waals surface area contributed by atoms with Gasteiger partial charge in [0, 0.05) is 18.8 Å². The van der Waals surface area contributed by atoms with Gasteiger partial charge in [0.1, 0.15) is 6.54 Å². The first kappa shape index (κ1) is 23.2. The lowest BCUT2D eigenvalue weighted by atomic mass is 10.1. The van der Waals surface area contributed by atoms with Crippen LogP contribution in [0.5, 0.6) is 0 Å². The summed E-state index contributed by atoms with van der Waals surface area (Å²) in [7, 11) is 1.49. The number of rotatable bonds is 4. The Kier molecular flexibility index (Phi) is 5.33. The van der Waals surface area contributed by atoms with Crippen molar-refractivity contribution < 1.29 is 13.6 Å². The van der Waals surface area contributed by atoms with Gasteiger partial charge in [-0.1, -0.05) is 12.1 Å². The van der Waals surface area contributed by atoms with Gasteiger partial charge in [0.05, 0.1) is 17.9 Å². The number of aromatic nitrogens is 6. The van der Waals surface area contributed by atoms with Crippen molar-refractivity contribution in [2.24, 2.45) is 7.05 Å². The zero-order valence-electron chi connectivity index (χ0n) is 19.8. The third-order valence-corrected chi connectivity index (χ3v) is 6.21. The molecule has 1 N–H and O–H groups in total. The van der Waals surface area contributed by atoms with E-state index >= 15 is 0 Å². The Hall–Kier alpha value is -5.20. The third kappa shape index (κ3) is 3.72. The molecule has 0 saturated carbocycles. The summed E-state index contributed by atoms with van der Waals surface area (Å²) in [6.07, 6.45) is 1.57. The van der Waals surface area contributed by atoms with E-state index in [1.54, 1.807) is 42.6 Å². The summed E-state index contributed by atoms with van der Waals surface area (Å²) < 4.78 is 30.8. The molecule has 190 valence electrons. The maximum absolute atomic E-state index is 13.7. The Morgan fingerprint density at radius 3 is 2.58 bits per heavy atom. The fourth-order valence-corrected chi connectivity index (χ4v) is 4.32. The third-order valence-electron chi connectivity index (χ3n) is 6.21. The van der Waals surface area contributed by atoms with Gasteiger partial charge in [-0.15, -0.1) is 0 Å². The van der Waals surface area contributed by atoms with Crippen LogP contribution in [0.1, 0.15) is 5.69 Å². The number of halogens is 2. The number of carbonyl (C=O) groups is 1. The lowest BCUT2D eigenvalue weighted by Crippen LogP contribution is -2.45. The number of aryl methyl sites for hydroxylation is 1. The minimum Gasteiger partial charge on any atom is -0.293 e. The molecule has 5 aromatic rings. The Morgan fingerprint density at radius 1 is 0.974 bits per heavy atom. The number of amides is 1. The van der Waals surface area contributed by atoms with Gasteiger partial charge in [-0.2, -0.15) is 4.98 Å². The molecule has 0 radical (unpaired) electrons. The van der Waals surface area contributed by atoms with Gasteiger partial charge in [0.2, 0.25) is 5.95 Å². The summed E-state index contributed by atoms with van der Waals surface area (Å²) in [4.78, 5) is 52.5. The van der Waals surface area contributed by atoms with Crippen molar-refractivity contribution in [3.63, 3.8) is 0 Å². The van der Waals surface area contributed by atoms with Crippen molar-refractivity contribution in [2.45, 2.75) is 13.1 Å². The molecule has 6 rings (SSSR count). The van der Waals surface area contributed by atoms with Crippen molar-refractivity contribution in [2.75, 3.05) is 10.4 Å². The molecule has 38 heavy (non-hydrogen) atoms. The van der Waals surface area contributed by atoms with Gasteiger partial charge in [-0.25, -0.2) is 23.6 Å². The molecule has 1 amide bonds. The van der Waals surface area contributed by atoms with Crippen molar-refractivity contribution >= 4 is 28.8 Å². The summed E-state index contributed by atoms with van der Waals surface area (Å²) in [6, 6.07) is 13.3. The zero-order chi connectivity index (χ0) is 26.6. The van der Waals surface area contributed by atoms with Crippen LogP contribution in [-0.2, 0) is 24.9 Å². The van der Waals surface area contributed by atoms with Gasteiger partial charge in [0.25, 0.3) is 11.5 Å². The summed E-state index contributed by atoms with van der Waals surface area (Å²) in [6.45, 7) is -0.302. The molecule has 0 atom stereocenters. The summed E-state index contributed by atoms with van der Waals surface area (Å²) in [5.74, 6) is -2.13. The maximum atomic E-state index is 13.7. The average molecular weight is 516 g/mol. The van der Waals surface area contributed by atoms with E-state index in [0.29, 0.717) is 17.0 Å². The van der Waals surface area contributed by atoms with Gasteiger partial charge in [-0.05, 0) is 42.5 Å². The summed E-state index contributed by atoms with van der Waals surface area (Å²) in [5, 5.41) is 1.15. The second kappa shape index (κ2) is 8.73. The SMILES string of the molecule is Cn1c(=O)n(Cc2ccccn2)c(=O)c2c1nc1n2CC(=O)N(c2cccc(-c3ccc(F)c(F)c3)n2)N1. The van der Waals surface area contributed by atoms with E-state index in [1.165, 1.54) is 22.2 Å². The van der Waals surface area contributed by atoms with Crippen molar-refractivity contribution in [1.29, 1.82) is 0 Å². The number of fused-ring (bicyclic) bond motifs is 3. The Bertz CT molecular complexity index is 1860. The van der Waals surface area contributed by atoms with Gasteiger partial charge in [0.15, 0.2) is 28.6 Å². The lowest BCUT2D eigenvalue weighted by Gasteiger charge is -2.28. The molecule has 13 heteroatoms. The highest BCUT2D eigenvalue weighted by molar-refractivity contribution is 5.97. The number of nitrogens with one attached hydrogen (secondary N) is 1. The van der Waals surface area contributed by atoms with Crippen LogP contribution in [0.25, 0.3) is 22.4 Å². The monoisotopic (exact) mass is 516 g/mol. The van der Waals surface area contributed by atoms with E-state index in [1.807, 2.05) is 0 Å². The number of nitrogens with zero attached hydrogens (tertiary/aromatic N) is 7. The topological polar surface area (TPSA) is 120 Å². The highest BCUT2D eigenvalue weighted by Gasteiger charge is 2.30. The van der Waals surface area contributed by atoms with Crippen LogP contribution in [0.2, 0.25) is 0 Å². The lowest BCUT2D eigenvalue weighted by molar-refractivity contribution is -0.119. The molecule has 0 spiro atoms. The van der Waals surface area contributed by atoms with Crippen molar-refractivity contribution in [3.8, 4) is 11.3 Å². The van der Waals surface area contributed by atoms with Gasteiger partial charge in [-0.3, -0.25) is 33.7 Å². The minimum atomic E-state index is -1.02. The number of benzene rings is 1. The Morgan fingerprint density at radius 2 is 1.82 bits per heavy atom. The molecule has 11 nitrogen and oxygen atoms in total. The van der Waals surface area contributed by atoms with Crippen LogP contribution in [0.15, 0.2) is 70.4 Å². The standard InChI is InChI=1S/C25H18F2N8O3/c1-32-22-21(23(37)34(25(32)38)12-15-5-2-3-10-28-15)33-13-20(36)35(31-24(33)30-22)19-7-4-6-18(29-19)14-8-9-16(26)17(27)11-14/h2-11H,12-13H2,1H3,(H,30,31). The number of hydrogen-bond donors (Lipinski definition) is 1. The van der Waals surface area contributed by atoms with Crippen LogP contribution in [-0.4, -0.2) is 34.6 Å². The predicted octanol–water partition coefficient (Wildman–Crippen LogP) is 2.05. The van der Waals surface area contributed by atoms with Crippen LogP contribution in [0, 0.1) is 11.6 Å². The van der Waals surface area contributed by atoms with Crippen LogP contribution >= 0.6 is 0 Å². The van der Waals surface area contributed by atoms with E-state index in [-0.39, 0.29) is 36.0 Å². The van der Waals surface area contributed by atoms with Gasteiger partial charge >= 0.3 is 5.69 Å². The van der Waals surface area contributed by atoms with E-state index in [4.69, 9.17) is 0 Å².